The van der Waals surface area contributed by atoms with Gasteiger partial charge < -0.3 is 15.4 Å². The zero-order valence-corrected chi connectivity index (χ0v) is 19.0. The van der Waals surface area contributed by atoms with Gasteiger partial charge >= 0.3 is 12.0 Å². The number of nitrogens with one attached hydrogen (secondary N) is 2. The van der Waals surface area contributed by atoms with Crippen LogP contribution in [0.3, 0.4) is 0 Å². The van der Waals surface area contributed by atoms with Gasteiger partial charge in [0.1, 0.15) is 0 Å². The van der Waals surface area contributed by atoms with E-state index in [0.29, 0.717) is 29.1 Å². The molecule has 0 aliphatic carbocycles. The van der Waals surface area contributed by atoms with Crippen LogP contribution in [0.25, 0.3) is 0 Å². The number of anilines is 1. The Morgan fingerprint density at radius 3 is 2.60 bits per heavy atom. The molecule has 3 amide bonds. The first-order valence-corrected chi connectivity index (χ1v) is 10.7. The summed E-state index contributed by atoms with van der Waals surface area (Å²) >= 11 is 11.2. The molecule has 30 heavy (non-hydrogen) atoms. The molecule has 7 nitrogen and oxygen atoms in total. The number of allylic oxidation sites excluding steroid dienone is 1. The molecule has 2 N–H and O–H groups in total. The summed E-state index contributed by atoms with van der Waals surface area (Å²) in [6.45, 7) is 8.35. The second-order valence-electron chi connectivity index (χ2n) is 7.44. The first-order valence-electron chi connectivity index (χ1n) is 9.80. The molecule has 0 bridgehead atoms. The average molecular weight is 456 g/mol. The number of amides is 3. The summed E-state index contributed by atoms with van der Waals surface area (Å²) in [5.74, 6) is -0.875. The molecular weight excluding hydrogens is 429 g/mol. The lowest BCUT2D eigenvalue weighted by atomic mass is 9.94. The average Bonchev–Trinajstić information content (AvgIpc) is 2.69. The van der Waals surface area contributed by atoms with Crippen LogP contribution in [0.4, 0.5) is 10.5 Å². The van der Waals surface area contributed by atoms with Crippen molar-refractivity contribution in [1.82, 2.24) is 10.2 Å². The van der Waals surface area contributed by atoms with Crippen LogP contribution >= 0.6 is 23.2 Å². The largest absolute Gasteiger partial charge is 0.462 e. The highest BCUT2D eigenvalue weighted by atomic mass is 35.5. The van der Waals surface area contributed by atoms with E-state index in [4.69, 9.17) is 27.9 Å². The zero-order chi connectivity index (χ0) is 22.4. The number of esters is 1. The maximum Gasteiger partial charge on any atom is 0.338 e. The number of hydrogen-bond donors (Lipinski definition) is 2. The third kappa shape index (κ3) is 5.89. The van der Waals surface area contributed by atoms with Gasteiger partial charge in [-0.3, -0.25) is 9.69 Å². The van der Waals surface area contributed by atoms with Crippen molar-refractivity contribution in [2.24, 2.45) is 5.92 Å². The van der Waals surface area contributed by atoms with Crippen molar-refractivity contribution in [3.63, 3.8) is 0 Å². The molecule has 1 atom stereocenters. The van der Waals surface area contributed by atoms with Crippen molar-refractivity contribution in [1.29, 1.82) is 0 Å². The summed E-state index contributed by atoms with van der Waals surface area (Å²) in [7, 11) is 0. The molecule has 1 aromatic rings. The predicted octanol–water partition coefficient (Wildman–Crippen LogP) is 4.38. The van der Waals surface area contributed by atoms with Gasteiger partial charge in [-0.15, -0.1) is 0 Å². The van der Waals surface area contributed by atoms with Gasteiger partial charge in [0.15, 0.2) is 4.84 Å². The van der Waals surface area contributed by atoms with Crippen LogP contribution in [-0.2, 0) is 14.3 Å². The number of carbonyl (C=O) groups excluding carboxylic acids is 3. The van der Waals surface area contributed by atoms with Gasteiger partial charge in [0.25, 0.3) is 5.91 Å². The van der Waals surface area contributed by atoms with Gasteiger partial charge in [0.05, 0.1) is 18.2 Å². The van der Waals surface area contributed by atoms with Gasteiger partial charge in [-0.2, -0.15) is 0 Å². The fourth-order valence-electron chi connectivity index (χ4n) is 3.10. The third-order valence-corrected chi connectivity index (χ3v) is 4.89. The number of halogens is 2. The Bertz CT molecular complexity index is 839. The lowest BCUT2D eigenvalue weighted by molar-refractivity contribution is -0.140. The van der Waals surface area contributed by atoms with Crippen molar-refractivity contribution in [2.45, 2.75) is 45.0 Å². The van der Waals surface area contributed by atoms with Gasteiger partial charge in [-0.25, -0.2) is 9.59 Å². The summed E-state index contributed by atoms with van der Waals surface area (Å²) in [5.41, 5.74) is 1.98. The molecule has 2 rings (SSSR count). The molecule has 1 aromatic carbocycles. The van der Waals surface area contributed by atoms with E-state index >= 15 is 0 Å². The second-order valence-corrected chi connectivity index (χ2v) is 8.54. The summed E-state index contributed by atoms with van der Waals surface area (Å²) in [4.78, 5) is 37.8. The SMILES string of the molecule is CCCN1C(=O)NC(c2cccc(NC(=O)C(Cl)Cl)c2)C(C(=O)OCC(C)C)=C1C. The van der Waals surface area contributed by atoms with Crippen LogP contribution in [0.2, 0.25) is 0 Å². The Hall–Kier alpha value is -2.25. The minimum absolute atomic E-state index is 0.177. The van der Waals surface area contributed by atoms with E-state index in [2.05, 4.69) is 10.6 Å². The van der Waals surface area contributed by atoms with E-state index in [1.165, 1.54) is 0 Å². The van der Waals surface area contributed by atoms with E-state index in [1.54, 1.807) is 36.1 Å². The highest BCUT2D eigenvalue weighted by Crippen LogP contribution is 2.32. The van der Waals surface area contributed by atoms with Crippen molar-refractivity contribution in [2.75, 3.05) is 18.5 Å². The van der Waals surface area contributed by atoms with Crippen LogP contribution in [0.1, 0.15) is 45.7 Å². The maximum absolute atomic E-state index is 12.9. The van der Waals surface area contributed by atoms with E-state index < -0.39 is 22.8 Å². The maximum atomic E-state index is 12.9. The number of rotatable bonds is 8. The fourth-order valence-corrected chi connectivity index (χ4v) is 3.21. The summed E-state index contributed by atoms with van der Waals surface area (Å²) in [6.07, 6.45) is 0.739. The Morgan fingerprint density at radius 1 is 1.30 bits per heavy atom. The first-order chi connectivity index (χ1) is 14.1. The molecular formula is C21H27Cl2N3O4. The Kier molecular flexibility index (Phi) is 8.55. The van der Waals surface area contributed by atoms with E-state index in [9.17, 15) is 14.4 Å². The minimum Gasteiger partial charge on any atom is -0.462 e. The Morgan fingerprint density at radius 2 is 2.00 bits per heavy atom. The van der Waals surface area contributed by atoms with Crippen LogP contribution in [-0.4, -0.2) is 40.8 Å². The minimum atomic E-state index is -1.21. The number of benzene rings is 1. The number of hydrogen-bond acceptors (Lipinski definition) is 4. The van der Waals surface area contributed by atoms with Gasteiger partial charge in [-0.1, -0.05) is 56.1 Å². The highest BCUT2D eigenvalue weighted by molar-refractivity contribution is 6.54. The van der Waals surface area contributed by atoms with Crippen LogP contribution in [0, 0.1) is 5.92 Å². The second kappa shape index (κ2) is 10.7. The number of nitrogens with zero attached hydrogens (tertiary/aromatic N) is 1. The molecule has 0 fully saturated rings. The fraction of sp³-hybridized carbons (Fsp3) is 0.476. The predicted molar refractivity (Wildman–Crippen MR) is 117 cm³/mol. The van der Waals surface area contributed by atoms with E-state index in [-0.39, 0.29) is 18.6 Å². The van der Waals surface area contributed by atoms with Crippen LogP contribution in [0.15, 0.2) is 35.5 Å². The first kappa shape index (κ1) is 24.0. The number of ether oxygens (including phenoxy) is 1. The molecule has 0 saturated heterocycles. The standard InChI is InChI=1S/C21H27Cl2N3O4/c1-5-9-26-13(4)16(20(28)30-11-12(2)3)17(25-21(26)29)14-7-6-8-15(10-14)24-19(27)18(22)23/h6-8,10,12,17-18H,5,9,11H2,1-4H3,(H,24,27)(H,25,29). The number of urea groups is 1. The molecule has 1 aliphatic rings. The quantitative estimate of drug-likeness (QED) is 0.449. The molecule has 0 aromatic heterocycles. The highest BCUT2D eigenvalue weighted by Gasteiger charge is 2.36. The number of carbonyl (C=O) groups is 3. The molecule has 0 spiro atoms. The van der Waals surface area contributed by atoms with E-state index in [1.807, 2.05) is 20.8 Å². The lowest BCUT2D eigenvalue weighted by Gasteiger charge is -2.35. The van der Waals surface area contributed by atoms with Gasteiger partial charge in [0, 0.05) is 17.9 Å². The molecule has 0 radical (unpaired) electrons. The normalized spacial score (nSPS) is 16.7. The van der Waals surface area contributed by atoms with Gasteiger partial charge in [0.2, 0.25) is 0 Å². The van der Waals surface area contributed by atoms with Crippen molar-refractivity contribution < 1.29 is 19.1 Å². The summed E-state index contributed by atoms with van der Waals surface area (Å²) < 4.78 is 5.47. The molecule has 9 heteroatoms. The molecule has 164 valence electrons. The number of alkyl halides is 2. The summed E-state index contributed by atoms with van der Waals surface area (Å²) in [6, 6.07) is 5.79. The van der Waals surface area contributed by atoms with Crippen molar-refractivity contribution in [3.05, 3.63) is 41.1 Å². The Labute approximate surface area is 186 Å². The molecule has 1 aliphatic heterocycles. The Balaban J connectivity index is 2.44. The van der Waals surface area contributed by atoms with Crippen molar-refractivity contribution >= 4 is 46.8 Å². The van der Waals surface area contributed by atoms with Crippen molar-refractivity contribution in [3.8, 4) is 0 Å². The monoisotopic (exact) mass is 455 g/mol. The topological polar surface area (TPSA) is 87.7 Å². The molecule has 1 unspecified atom stereocenters. The zero-order valence-electron chi connectivity index (χ0n) is 17.5. The van der Waals surface area contributed by atoms with Crippen LogP contribution < -0.4 is 10.6 Å². The van der Waals surface area contributed by atoms with Crippen LogP contribution in [0.5, 0.6) is 0 Å². The summed E-state index contributed by atoms with van der Waals surface area (Å²) in [5, 5.41) is 5.48. The lowest BCUT2D eigenvalue weighted by Crippen LogP contribution is -2.48. The smallest absolute Gasteiger partial charge is 0.338 e. The molecule has 0 saturated carbocycles. The van der Waals surface area contributed by atoms with Gasteiger partial charge in [-0.05, 0) is 37.0 Å². The van der Waals surface area contributed by atoms with E-state index in [0.717, 1.165) is 6.42 Å². The third-order valence-electron chi connectivity index (χ3n) is 4.50. The molecule has 1 heterocycles.